The van der Waals surface area contributed by atoms with E-state index in [0.29, 0.717) is 18.9 Å². The molecule has 4 heterocycles. The average molecular weight is 542 g/mol. The number of hydrogen-bond donors (Lipinski definition) is 0. The largest absolute Gasteiger partial charge is 0.367 e. The fourth-order valence-corrected chi connectivity index (χ4v) is 5.85. The number of hydrogen-bond acceptors (Lipinski definition) is 5. The lowest BCUT2D eigenvalue weighted by Gasteiger charge is -2.29. The van der Waals surface area contributed by atoms with Crippen molar-refractivity contribution in [3.05, 3.63) is 82.0 Å². The van der Waals surface area contributed by atoms with Crippen LogP contribution in [0.15, 0.2) is 59.7 Å². The van der Waals surface area contributed by atoms with Gasteiger partial charge in [0.15, 0.2) is 5.65 Å². The number of aromatic nitrogens is 4. The van der Waals surface area contributed by atoms with Gasteiger partial charge in [0.05, 0.1) is 5.56 Å². The van der Waals surface area contributed by atoms with E-state index in [4.69, 9.17) is 9.84 Å². The lowest BCUT2D eigenvalue weighted by atomic mass is 10.1. The Morgan fingerprint density at radius 2 is 1.77 bits per heavy atom. The van der Waals surface area contributed by atoms with Gasteiger partial charge in [-0.15, -0.1) is 0 Å². The number of benzene rings is 1. The minimum atomic E-state index is -1.24. The highest BCUT2D eigenvalue weighted by Crippen LogP contribution is 2.36. The maximum atomic E-state index is 14.0. The van der Waals surface area contributed by atoms with E-state index in [2.05, 4.69) is 46.2 Å². The molecule has 1 fully saturated rings. The molecule has 0 N–H and O–H groups in total. The summed E-state index contributed by atoms with van der Waals surface area (Å²) in [6.45, 7) is 12.1. The van der Waals surface area contributed by atoms with Crippen LogP contribution in [0, 0.1) is 6.92 Å². The van der Waals surface area contributed by atoms with Crippen molar-refractivity contribution in [1.29, 1.82) is 0 Å². The van der Waals surface area contributed by atoms with E-state index in [1.54, 1.807) is 16.9 Å². The molecule has 7 nitrogen and oxygen atoms in total. The highest BCUT2D eigenvalue weighted by molar-refractivity contribution is 6.76. The van der Waals surface area contributed by atoms with Crippen LogP contribution in [0.25, 0.3) is 29.1 Å². The zero-order valence-electron chi connectivity index (χ0n) is 23.6. The molecule has 0 radical (unpaired) electrons. The molecule has 0 atom stereocenters. The van der Waals surface area contributed by atoms with Gasteiger partial charge in [-0.25, -0.2) is 0 Å². The summed E-state index contributed by atoms with van der Waals surface area (Å²) in [6.07, 6.45) is 10.9. The molecule has 1 aliphatic rings. The van der Waals surface area contributed by atoms with Gasteiger partial charge in [-0.1, -0.05) is 62.1 Å². The number of fused-ring (bicyclic) bond motifs is 1. The molecule has 4 aromatic rings. The molecule has 1 aromatic carbocycles. The van der Waals surface area contributed by atoms with Crippen LogP contribution in [0.4, 0.5) is 5.69 Å². The molecule has 1 aliphatic heterocycles. The van der Waals surface area contributed by atoms with Gasteiger partial charge in [0.1, 0.15) is 18.1 Å². The van der Waals surface area contributed by atoms with Crippen LogP contribution >= 0.6 is 0 Å². The molecule has 1 saturated heterocycles. The van der Waals surface area contributed by atoms with Gasteiger partial charge in [0.25, 0.3) is 5.56 Å². The Hall–Kier alpha value is -3.49. The third-order valence-corrected chi connectivity index (χ3v) is 9.08. The first-order valence-electron chi connectivity index (χ1n) is 14.0. The van der Waals surface area contributed by atoms with Crippen LogP contribution < -0.4 is 10.5 Å². The van der Waals surface area contributed by atoms with Crippen molar-refractivity contribution >= 4 is 31.6 Å². The first-order valence-corrected chi connectivity index (χ1v) is 17.7. The number of ether oxygens (including phenoxy) is 1. The van der Waals surface area contributed by atoms with Gasteiger partial charge >= 0.3 is 0 Å². The van der Waals surface area contributed by atoms with Crippen molar-refractivity contribution in [2.45, 2.75) is 58.6 Å². The molecule has 8 heteroatoms. The normalized spacial score (nSPS) is 14.5. The second kappa shape index (κ2) is 11.7. The molecule has 204 valence electrons. The van der Waals surface area contributed by atoms with Crippen molar-refractivity contribution < 1.29 is 4.74 Å². The number of anilines is 1. The predicted molar refractivity (Wildman–Crippen MR) is 163 cm³/mol. The molecular formula is C31H39N5O2Si. The highest BCUT2D eigenvalue weighted by Gasteiger charge is 2.27. The summed E-state index contributed by atoms with van der Waals surface area (Å²) in [5, 5.41) is 4.99. The van der Waals surface area contributed by atoms with Gasteiger partial charge in [-0.3, -0.25) is 9.78 Å². The van der Waals surface area contributed by atoms with Crippen molar-refractivity contribution in [2.75, 3.05) is 24.6 Å². The van der Waals surface area contributed by atoms with Crippen molar-refractivity contribution in [2.24, 2.45) is 0 Å². The summed E-state index contributed by atoms with van der Waals surface area (Å²) in [6, 6.07) is 15.2. The summed E-state index contributed by atoms with van der Waals surface area (Å²) >= 11 is 0. The van der Waals surface area contributed by atoms with Gasteiger partial charge < -0.3 is 14.2 Å². The Labute approximate surface area is 231 Å². The van der Waals surface area contributed by atoms with E-state index in [1.807, 2.05) is 49.4 Å². The van der Waals surface area contributed by atoms with Crippen LogP contribution in [0.2, 0.25) is 25.7 Å². The summed E-state index contributed by atoms with van der Waals surface area (Å²) in [7, 11) is -1.24. The molecule has 0 amide bonds. The SMILES string of the molecule is Cc1c(/C=C/c2cccnc2)c(=O)n2nc(-c3ccccc3)c(N3CCCCC3)c2n1COCC[Si](C)(C)C. The summed E-state index contributed by atoms with van der Waals surface area (Å²) < 4.78 is 10.1. The maximum absolute atomic E-state index is 14.0. The fraction of sp³-hybridized carbons (Fsp3) is 0.387. The van der Waals surface area contributed by atoms with Gasteiger partial charge in [-0.2, -0.15) is 9.61 Å². The topological polar surface area (TPSA) is 64.7 Å². The Morgan fingerprint density at radius 3 is 2.46 bits per heavy atom. The van der Waals surface area contributed by atoms with E-state index in [0.717, 1.165) is 65.8 Å². The molecule has 3 aromatic heterocycles. The van der Waals surface area contributed by atoms with E-state index >= 15 is 0 Å². The summed E-state index contributed by atoms with van der Waals surface area (Å²) in [5.41, 5.74) is 5.99. The minimum Gasteiger partial charge on any atom is -0.367 e. The number of rotatable bonds is 9. The molecule has 39 heavy (non-hydrogen) atoms. The van der Waals surface area contributed by atoms with Crippen molar-refractivity contribution in [3.63, 3.8) is 0 Å². The van der Waals surface area contributed by atoms with Gasteiger partial charge in [-0.05, 0) is 49.9 Å². The van der Waals surface area contributed by atoms with Crippen molar-refractivity contribution in [3.8, 4) is 11.3 Å². The average Bonchev–Trinajstić information content (AvgIpc) is 3.34. The molecule has 0 saturated carbocycles. The summed E-state index contributed by atoms with van der Waals surface area (Å²) in [5.74, 6) is 0. The van der Waals surface area contributed by atoms with E-state index in [-0.39, 0.29) is 5.56 Å². The fourth-order valence-electron chi connectivity index (χ4n) is 5.10. The molecule has 5 rings (SSSR count). The lowest BCUT2D eigenvalue weighted by Crippen LogP contribution is -2.31. The van der Waals surface area contributed by atoms with Crippen LogP contribution in [0.5, 0.6) is 0 Å². The smallest absolute Gasteiger partial charge is 0.281 e. The first-order chi connectivity index (χ1) is 18.8. The molecule has 0 spiro atoms. The predicted octanol–water partition coefficient (Wildman–Crippen LogP) is 6.34. The second-order valence-corrected chi connectivity index (χ2v) is 17.2. The number of pyridine rings is 1. The Balaban J connectivity index is 1.70. The Kier molecular flexibility index (Phi) is 8.14. The zero-order chi connectivity index (χ0) is 27.4. The Bertz CT molecular complexity index is 1500. The highest BCUT2D eigenvalue weighted by atomic mass is 28.3. The van der Waals surface area contributed by atoms with E-state index < -0.39 is 8.07 Å². The molecule has 0 unspecified atom stereocenters. The summed E-state index contributed by atoms with van der Waals surface area (Å²) in [4.78, 5) is 20.6. The standard InChI is InChI=1S/C31H39N5O2Si/c1-24-27(16-15-25-12-11-17-32-22-25)31(37)36-30(35(24)23-38-20-21-39(2,3)4)29(34-18-9-6-10-19-34)28(33-36)26-13-7-5-8-14-26/h5,7-8,11-17,22H,6,9-10,18-21,23H2,1-4H3/b16-15+. The quantitative estimate of drug-likeness (QED) is 0.183. The number of nitrogens with zero attached hydrogens (tertiary/aromatic N) is 5. The van der Waals surface area contributed by atoms with Crippen LogP contribution in [0.1, 0.15) is 36.1 Å². The zero-order valence-corrected chi connectivity index (χ0v) is 24.6. The Morgan fingerprint density at radius 1 is 1.00 bits per heavy atom. The second-order valence-electron chi connectivity index (χ2n) is 11.5. The van der Waals surface area contributed by atoms with Gasteiger partial charge in [0.2, 0.25) is 0 Å². The third kappa shape index (κ3) is 6.07. The number of piperidine rings is 1. The molecule has 0 bridgehead atoms. The van der Waals surface area contributed by atoms with Crippen LogP contribution in [0.3, 0.4) is 0 Å². The third-order valence-electron chi connectivity index (χ3n) is 7.37. The van der Waals surface area contributed by atoms with Crippen LogP contribution in [-0.2, 0) is 11.5 Å². The van der Waals surface area contributed by atoms with Crippen molar-refractivity contribution in [1.82, 2.24) is 19.2 Å². The van der Waals surface area contributed by atoms with E-state index in [9.17, 15) is 4.79 Å². The first kappa shape index (κ1) is 27.1. The minimum absolute atomic E-state index is 0.124. The lowest BCUT2D eigenvalue weighted by molar-refractivity contribution is 0.0876. The van der Waals surface area contributed by atoms with Gasteiger partial charge in [0, 0.05) is 51.4 Å². The monoisotopic (exact) mass is 541 g/mol. The molecule has 0 aliphatic carbocycles. The molecular weight excluding hydrogens is 502 g/mol. The van der Waals surface area contributed by atoms with E-state index in [1.165, 1.54) is 6.42 Å². The maximum Gasteiger partial charge on any atom is 0.281 e. The van der Waals surface area contributed by atoms with Crippen LogP contribution in [-0.4, -0.2) is 46.9 Å².